The molecular formula is C48H67N5O7Si2. The minimum atomic E-state index is -2.48. The Labute approximate surface area is 369 Å². The fourth-order valence-electron chi connectivity index (χ4n) is 7.64. The number of hydrogen-bond acceptors (Lipinski definition) is 9. The topological polar surface area (TPSA) is 139 Å². The van der Waals surface area contributed by atoms with Gasteiger partial charge in [-0.15, -0.1) is 0 Å². The number of aromatic amines is 1. The summed E-state index contributed by atoms with van der Waals surface area (Å²) in [6.07, 6.45) is 1.39. The summed E-state index contributed by atoms with van der Waals surface area (Å²) in [7, 11) is -1.62. The molecule has 1 amide bonds. The first-order chi connectivity index (χ1) is 29.0. The molecule has 1 aliphatic carbocycles. The lowest BCUT2D eigenvalue weighted by molar-refractivity contribution is -0.118. The van der Waals surface area contributed by atoms with Gasteiger partial charge in [-0.25, -0.2) is 4.98 Å². The van der Waals surface area contributed by atoms with Gasteiger partial charge in [0.1, 0.15) is 17.1 Å². The average molecular weight is 882 g/mol. The van der Waals surface area contributed by atoms with Crippen LogP contribution < -0.4 is 20.3 Å². The summed E-state index contributed by atoms with van der Waals surface area (Å²) in [5.74, 6) is 0.792. The van der Waals surface area contributed by atoms with Crippen LogP contribution in [0, 0.1) is 11.8 Å². The van der Waals surface area contributed by atoms with Crippen molar-refractivity contribution < 1.29 is 27.9 Å². The van der Waals surface area contributed by atoms with Crippen LogP contribution in [0.3, 0.4) is 0 Å². The van der Waals surface area contributed by atoms with E-state index in [2.05, 4.69) is 119 Å². The van der Waals surface area contributed by atoms with E-state index in [1.54, 1.807) is 34.4 Å². The molecule has 4 atom stereocenters. The maximum Gasteiger partial charge on any atom is 0.280 e. The zero-order valence-corrected chi connectivity index (χ0v) is 41.1. The molecule has 0 bridgehead atoms. The van der Waals surface area contributed by atoms with E-state index in [9.17, 15) is 9.59 Å². The van der Waals surface area contributed by atoms with Crippen LogP contribution in [0.25, 0.3) is 11.2 Å². The van der Waals surface area contributed by atoms with Gasteiger partial charge >= 0.3 is 0 Å². The largest absolute Gasteiger partial charge is 0.497 e. The highest BCUT2D eigenvalue weighted by atomic mass is 28.4. The van der Waals surface area contributed by atoms with Gasteiger partial charge in [0.15, 0.2) is 27.8 Å². The number of hydrogen-bond donors (Lipinski definition) is 2. The van der Waals surface area contributed by atoms with Crippen LogP contribution in [-0.4, -0.2) is 75.1 Å². The fourth-order valence-corrected chi connectivity index (χ4v) is 10.3. The second kappa shape index (κ2) is 17.9. The SMILES string of the molecule is COc1ccc(C(OC[C@H]2C[C@@H](n3cnc4c(=O)[nH]c(NC(=O)C(C)C)nc43)[C@H](O[Si](C)(C)C(C)(C)C)[C@@H]2O[Si](C)(C)C(C)(C)C)(c2ccccc2)c2ccc(OC)cc2)cc1. The summed E-state index contributed by atoms with van der Waals surface area (Å²) in [6.45, 7) is 26.4. The lowest BCUT2D eigenvalue weighted by Crippen LogP contribution is -2.53. The van der Waals surface area contributed by atoms with Crippen molar-refractivity contribution in [2.24, 2.45) is 11.8 Å². The van der Waals surface area contributed by atoms with Gasteiger partial charge in [0.2, 0.25) is 11.9 Å². The van der Waals surface area contributed by atoms with Crippen LogP contribution in [0.15, 0.2) is 90.0 Å². The van der Waals surface area contributed by atoms with E-state index >= 15 is 0 Å². The van der Waals surface area contributed by atoms with Crippen LogP contribution in [0.5, 0.6) is 11.5 Å². The van der Waals surface area contributed by atoms with Crippen molar-refractivity contribution in [3.63, 3.8) is 0 Å². The molecule has 1 saturated carbocycles. The standard InChI is InChI=1S/C48H67N5O7Si2/c1-31(2)43(54)51-45-50-42-39(44(55)52-45)49-30-53(42)38-28-32(40(59-61(11,12)46(3,4)5)41(38)60-62(13,14)47(6,7)8)29-58-48(33-18-16-15-17-19-33,34-20-24-36(56-9)25-21-34)35-22-26-37(57-10)27-23-35/h15-27,30-32,38,40-41H,28-29H2,1-14H3,(H2,50,51,52,54,55)/t32-,38-,40-,41+/m1/s1. The number of carbonyl (C=O) groups excluding carboxylic acids is 1. The van der Waals surface area contributed by atoms with Crippen molar-refractivity contribution >= 4 is 39.7 Å². The van der Waals surface area contributed by atoms with Gasteiger partial charge in [-0.2, -0.15) is 4.98 Å². The maximum absolute atomic E-state index is 13.5. The highest BCUT2D eigenvalue weighted by molar-refractivity contribution is 6.74. The lowest BCUT2D eigenvalue weighted by atomic mass is 9.79. The number of anilines is 1. The monoisotopic (exact) mass is 881 g/mol. The number of nitrogens with one attached hydrogen (secondary N) is 2. The Morgan fingerprint density at radius 3 is 1.77 bits per heavy atom. The number of nitrogens with zero attached hydrogens (tertiary/aromatic N) is 3. The first-order valence-electron chi connectivity index (χ1n) is 21.6. The van der Waals surface area contributed by atoms with E-state index in [4.69, 9.17) is 28.0 Å². The van der Waals surface area contributed by atoms with E-state index in [0.717, 1.165) is 28.2 Å². The molecule has 0 saturated heterocycles. The summed E-state index contributed by atoms with van der Waals surface area (Å²) in [4.78, 5) is 38.5. The number of ether oxygens (including phenoxy) is 3. The molecule has 2 heterocycles. The summed E-state index contributed by atoms with van der Waals surface area (Å²) in [5.41, 5.74) is 1.87. The average Bonchev–Trinajstić information content (AvgIpc) is 3.78. The predicted octanol–water partition coefficient (Wildman–Crippen LogP) is 10.1. The van der Waals surface area contributed by atoms with Gasteiger partial charge in [0.05, 0.1) is 45.4 Å². The van der Waals surface area contributed by atoms with E-state index in [-0.39, 0.29) is 51.9 Å². The molecule has 1 fully saturated rings. The van der Waals surface area contributed by atoms with Crippen LogP contribution in [0.4, 0.5) is 5.95 Å². The Balaban J connectivity index is 1.55. The molecule has 6 rings (SSSR count). The summed E-state index contributed by atoms with van der Waals surface area (Å²) < 4.78 is 36.0. The minimum Gasteiger partial charge on any atom is -0.497 e. The molecule has 12 nitrogen and oxygen atoms in total. The first kappa shape index (κ1) is 46.9. The van der Waals surface area contributed by atoms with E-state index < -0.39 is 40.0 Å². The number of rotatable bonds is 15. The molecule has 0 aliphatic heterocycles. The van der Waals surface area contributed by atoms with Crippen LogP contribution in [0.2, 0.25) is 36.3 Å². The van der Waals surface area contributed by atoms with Gasteiger partial charge < -0.3 is 27.6 Å². The van der Waals surface area contributed by atoms with Gasteiger partial charge in [-0.1, -0.05) is 110 Å². The van der Waals surface area contributed by atoms with Crippen molar-refractivity contribution in [3.8, 4) is 11.5 Å². The van der Waals surface area contributed by atoms with Gasteiger partial charge in [-0.3, -0.25) is 19.9 Å². The third-order valence-corrected chi connectivity index (χ3v) is 22.4. The second-order valence-electron chi connectivity index (χ2n) is 19.9. The quantitative estimate of drug-likeness (QED) is 0.0777. The number of H-pyrrole nitrogens is 1. The van der Waals surface area contributed by atoms with Crippen molar-refractivity contribution in [1.82, 2.24) is 19.5 Å². The minimum absolute atomic E-state index is 0.0726. The molecular weight excluding hydrogens is 815 g/mol. The number of methoxy groups -OCH3 is 2. The summed E-state index contributed by atoms with van der Waals surface area (Å²) >= 11 is 0. The Hall–Kier alpha value is -4.61. The molecule has 62 heavy (non-hydrogen) atoms. The molecule has 0 unspecified atom stereocenters. The van der Waals surface area contributed by atoms with E-state index in [0.29, 0.717) is 12.1 Å². The molecule has 2 N–H and O–H groups in total. The Morgan fingerprint density at radius 2 is 1.29 bits per heavy atom. The van der Waals surface area contributed by atoms with Crippen LogP contribution in [-0.2, 0) is 24.0 Å². The highest BCUT2D eigenvalue weighted by Gasteiger charge is 2.54. The van der Waals surface area contributed by atoms with E-state index in [1.165, 1.54) is 0 Å². The van der Waals surface area contributed by atoms with Gasteiger partial charge in [0.25, 0.3) is 5.56 Å². The van der Waals surface area contributed by atoms with Crippen molar-refractivity contribution in [2.75, 3.05) is 26.1 Å². The molecule has 5 aromatic rings. The number of carbonyl (C=O) groups is 1. The van der Waals surface area contributed by atoms with Crippen molar-refractivity contribution in [3.05, 3.63) is 112 Å². The summed E-state index contributed by atoms with van der Waals surface area (Å²) in [6, 6.07) is 26.1. The number of benzene rings is 3. The molecule has 1 aliphatic rings. The number of aromatic nitrogens is 4. The maximum atomic E-state index is 13.5. The molecule has 3 aromatic carbocycles. The smallest absolute Gasteiger partial charge is 0.280 e. The molecule has 0 radical (unpaired) electrons. The van der Waals surface area contributed by atoms with E-state index in [1.807, 2.05) is 47.0 Å². The van der Waals surface area contributed by atoms with Gasteiger partial charge in [-0.05, 0) is 83.6 Å². The second-order valence-corrected chi connectivity index (χ2v) is 29.5. The van der Waals surface area contributed by atoms with Crippen LogP contribution >= 0.6 is 0 Å². The molecule has 0 spiro atoms. The lowest BCUT2D eigenvalue weighted by Gasteiger charge is -2.45. The highest BCUT2D eigenvalue weighted by Crippen LogP contribution is 2.50. The normalized spacial score (nSPS) is 19.0. The Morgan fingerprint density at radius 1 is 0.790 bits per heavy atom. The molecule has 334 valence electrons. The van der Waals surface area contributed by atoms with Gasteiger partial charge in [0, 0.05) is 11.8 Å². The summed E-state index contributed by atoms with van der Waals surface area (Å²) in [5, 5.41) is 2.55. The molecule has 14 heteroatoms. The predicted molar refractivity (Wildman–Crippen MR) is 251 cm³/mol. The number of imidazole rings is 1. The Kier molecular flexibility index (Phi) is 13.5. The van der Waals surface area contributed by atoms with Crippen molar-refractivity contribution in [1.29, 1.82) is 0 Å². The third-order valence-electron chi connectivity index (χ3n) is 13.4. The fraction of sp³-hybridized carbons (Fsp3) is 0.500. The third kappa shape index (κ3) is 9.35. The Bertz CT molecular complexity index is 2320. The number of amides is 1. The van der Waals surface area contributed by atoms with Crippen LogP contribution in [0.1, 0.15) is 84.5 Å². The molecule has 2 aromatic heterocycles. The number of fused-ring (bicyclic) bond motifs is 1. The zero-order valence-electron chi connectivity index (χ0n) is 39.1. The zero-order chi connectivity index (χ0) is 45.4. The first-order valence-corrected chi connectivity index (χ1v) is 27.5. The van der Waals surface area contributed by atoms with Crippen molar-refractivity contribution in [2.45, 2.75) is 122 Å².